The van der Waals surface area contributed by atoms with Gasteiger partial charge in [-0.15, -0.1) is 21.5 Å². The van der Waals surface area contributed by atoms with Gasteiger partial charge in [-0.25, -0.2) is 0 Å². The maximum Gasteiger partial charge on any atom is 0.191 e. The van der Waals surface area contributed by atoms with Gasteiger partial charge in [0.15, 0.2) is 5.16 Å². The fourth-order valence-corrected chi connectivity index (χ4v) is 4.12. The van der Waals surface area contributed by atoms with Crippen LogP contribution in [0, 0.1) is 0 Å². The first-order valence-electron chi connectivity index (χ1n) is 8.45. The number of aryl methyl sites for hydroxylation is 2. The molecule has 3 heterocycles. The molecule has 6 nitrogen and oxygen atoms in total. The molecule has 0 spiro atoms. The topological polar surface area (TPSA) is 66.0 Å². The molecular weight excluding hydrogens is 380 g/mol. The Kier molecular flexibility index (Phi) is 5.55. The van der Waals surface area contributed by atoms with Crippen LogP contribution in [0.5, 0.6) is 5.75 Å². The summed E-state index contributed by atoms with van der Waals surface area (Å²) >= 11 is 3.37. The van der Waals surface area contributed by atoms with Gasteiger partial charge in [-0.3, -0.25) is 0 Å². The summed E-state index contributed by atoms with van der Waals surface area (Å²) in [5, 5.41) is 15.4. The molecule has 8 heteroatoms. The minimum Gasteiger partial charge on any atom is -0.497 e. The van der Waals surface area contributed by atoms with Crippen molar-refractivity contribution in [2.45, 2.75) is 23.9 Å². The molecule has 27 heavy (non-hydrogen) atoms. The van der Waals surface area contributed by atoms with Gasteiger partial charge in [0.2, 0.25) is 0 Å². The normalized spacial score (nSPS) is 11.0. The van der Waals surface area contributed by atoms with E-state index in [1.165, 1.54) is 4.88 Å². The Bertz CT molecular complexity index is 978. The van der Waals surface area contributed by atoms with Gasteiger partial charge in [0.1, 0.15) is 23.5 Å². The van der Waals surface area contributed by atoms with E-state index >= 15 is 0 Å². The number of aromatic nitrogens is 4. The van der Waals surface area contributed by atoms with E-state index in [2.05, 4.69) is 37.4 Å². The number of benzene rings is 1. The van der Waals surface area contributed by atoms with E-state index < -0.39 is 0 Å². The quantitative estimate of drug-likeness (QED) is 0.406. The number of rotatable bonds is 8. The van der Waals surface area contributed by atoms with Crippen LogP contribution in [0.1, 0.15) is 10.6 Å². The van der Waals surface area contributed by atoms with Crippen LogP contribution >= 0.6 is 23.1 Å². The summed E-state index contributed by atoms with van der Waals surface area (Å²) in [6.45, 7) is 0.864. The van der Waals surface area contributed by atoms with Gasteiger partial charge >= 0.3 is 0 Å². The molecule has 0 bridgehead atoms. The molecule has 1 aromatic carbocycles. The monoisotopic (exact) mass is 398 g/mol. The summed E-state index contributed by atoms with van der Waals surface area (Å²) in [4.78, 5) is 1.36. The molecule has 0 saturated heterocycles. The average Bonchev–Trinajstić information content (AvgIpc) is 3.46. The van der Waals surface area contributed by atoms with E-state index in [0.29, 0.717) is 5.75 Å². The van der Waals surface area contributed by atoms with Crippen LogP contribution in [-0.4, -0.2) is 27.0 Å². The van der Waals surface area contributed by atoms with Crippen molar-refractivity contribution in [1.82, 2.24) is 19.9 Å². The molecule has 0 aliphatic carbocycles. The number of ether oxygens (including phenoxy) is 1. The van der Waals surface area contributed by atoms with Crippen molar-refractivity contribution in [3.05, 3.63) is 64.8 Å². The summed E-state index contributed by atoms with van der Waals surface area (Å²) in [6, 6.07) is 13.9. The highest BCUT2D eigenvalue weighted by molar-refractivity contribution is 7.98. The number of thioether (sulfide) groups is 1. The Balaban J connectivity index is 1.37. The van der Waals surface area contributed by atoms with Crippen LogP contribution in [0.15, 0.2) is 63.9 Å². The Hall–Kier alpha value is -2.58. The van der Waals surface area contributed by atoms with Crippen molar-refractivity contribution >= 4 is 23.1 Å². The lowest BCUT2D eigenvalue weighted by Crippen LogP contribution is -2.01. The first-order valence-corrected chi connectivity index (χ1v) is 10.3. The van der Waals surface area contributed by atoms with Crippen molar-refractivity contribution in [3.63, 3.8) is 0 Å². The lowest BCUT2D eigenvalue weighted by atomic mass is 10.1. The molecule has 0 saturated carbocycles. The maximum absolute atomic E-state index is 5.47. The van der Waals surface area contributed by atoms with Crippen molar-refractivity contribution in [2.75, 3.05) is 7.11 Å². The van der Waals surface area contributed by atoms with E-state index in [-0.39, 0.29) is 0 Å². The lowest BCUT2D eigenvalue weighted by molar-refractivity contribution is 0.397. The summed E-state index contributed by atoms with van der Waals surface area (Å²) in [5.74, 6) is 2.28. The molecule has 0 N–H and O–H groups in total. The van der Waals surface area contributed by atoms with Gasteiger partial charge < -0.3 is 13.8 Å². The summed E-state index contributed by atoms with van der Waals surface area (Å²) in [6.07, 6.45) is 2.76. The zero-order valence-electron chi connectivity index (χ0n) is 14.7. The third-order valence-corrected chi connectivity index (χ3v) is 5.99. The fourth-order valence-electron chi connectivity index (χ4n) is 2.61. The molecule has 0 amide bonds. The largest absolute Gasteiger partial charge is 0.497 e. The smallest absolute Gasteiger partial charge is 0.191 e. The molecular formula is C19H18N4O2S2. The van der Waals surface area contributed by atoms with Gasteiger partial charge in [0, 0.05) is 23.1 Å². The summed E-state index contributed by atoms with van der Waals surface area (Å²) in [7, 11) is 1.65. The van der Waals surface area contributed by atoms with Crippen molar-refractivity contribution in [1.29, 1.82) is 0 Å². The Morgan fingerprint density at radius 3 is 2.89 bits per heavy atom. The minimum atomic E-state index is 0.654. The molecule has 4 aromatic rings. The second kappa shape index (κ2) is 8.41. The van der Waals surface area contributed by atoms with Gasteiger partial charge in [0.05, 0.1) is 12.9 Å². The molecule has 3 aromatic heterocycles. The zero-order chi connectivity index (χ0) is 18.5. The van der Waals surface area contributed by atoms with Crippen molar-refractivity contribution < 1.29 is 9.26 Å². The van der Waals surface area contributed by atoms with E-state index in [4.69, 9.17) is 9.26 Å². The first-order chi connectivity index (χ1) is 13.3. The highest BCUT2D eigenvalue weighted by Gasteiger charge is 2.11. The number of hydrogen-bond donors (Lipinski definition) is 0. The van der Waals surface area contributed by atoms with Crippen LogP contribution in [0.2, 0.25) is 0 Å². The SMILES string of the molecule is COc1ccc(-c2cc(CSc3nncn3CCc3cccs3)on2)cc1. The van der Waals surface area contributed by atoms with Gasteiger partial charge in [-0.1, -0.05) is 23.0 Å². The van der Waals surface area contributed by atoms with Crippen LogP contribution in [0.25, 0.3) is 11.3 Å². The second-order valence-corrected chi connectivity index (χ2v) is 7.81. The second-order valence-electron chi connectivity index (χ2n) is 5.83. The Labute approximate surface area is 165 Å². The predicted octanol–water partition coefficient (Wildman–Crippen LogP) is 4.54. The van der Waals surface area contributed by atoms with E-state index in [9.17, 15) is 0 Å². The maximum atomic E-state index is 5.47. The molecule has 0 fully saturated rings. The molecule has 0 aliphatic rings. The van der Waals surface area contributed by atoms with E-state index in [0.717, 1.165) is 40.9 Å². The Morgan fingerprint density at radius 2 is 2.11 bits per heavy atom. The van der Waals surface area contributed by atoms with Gasteiger partial charge in [-0.2, -0.15) is 0 Å². The summed E-state index contributed by atoms with van der Waals surface area (Å²) < 4.78 is 12.7. The number of hydrogen-bond acceptors (Lipinski definition) is 7. The zero-order valence-corrected chi connectivity index (χ0v) is 16.4. The van der Waals surface area contributed by atoms with Crippen molar-refractivity contribution in [2.24, 2.45) is 0 Å². The molecule has 0 aliphatic heterocycles. The predicted molar refractivity (Wildman–Crippen MR) is 106 cm³/mol. The van der Waals surface area contributed by atoms with E-state index in [1.807, 2.05) is 30.3 Å². The molecule has 0 unspecified atom stereocenters. The standard InChI is InChI=1S/C19H18N4O2S2/c1-24-15-6-4-14(5-7-15)18-11-16(25-22-18)12-27-19-21-20-13-23(19)9-8-17-3-2-10-26-17/h2-7,10-11,13H,8-9,12H2,1H3. The average molecular weight is 399 g/mol. The fraction of sp³-hybridized carbons (Fsp3) is 0.211. The first kappa shape index (κ1) is 17.8. The molecule has 0 radical (unpaired) electrons. The number of nitrogens with zero attached hydrogens (tertiary/aromatic N) is 4. The van der Waals surface area contributed by atoms with Gasteiger partial charge in [0.25, 0.3) is 0 Å². The van der Waals surface area contributed by atoms with E-state index in [1.54, 1.807) is 36.5 Å². The van der Waals surface area contributed by atoms with Crippen LogP contribution in [0.3, 0.4) is 0 Å². The number of methoxy groups -OCH3 is 1. The van der Waals surface area contributed by atoms with Crippen LogP contribution in [0.4, 0.5) is 0 Å². The molecule has 4 rings (SSSR count). The van der Waals surface area contributed by atoms with Crippen LogP contribution in [-0.2, 0) is 18.7 Å². The lowest BCUT2D eigenvalue weighted by Gasteiger charge is -2.04. The highest BCUT2D eigenvalue weighted by atomic mass is 32.2. The van der Waals surface area contributed by atoms with Crippen molar-refractivity contribution in [3.8, 4) is 17.0 Å². The molecule has 0 atom stereocenters. The summed E-state index contributed by atoms with van der Waals surface area (Å²) in [5.41, 5.74) is 1.81. The third kappa shape index (κ3) is 4.40. The number of thiophene rings is 1. The highest BCUT2D eigenvalue weighted by Crippen LogP contribution is 2.26. The Morgan fingerprint density at radius 1 is 1.22 bits per heavy atom. The van der Waals surface area contributed by atoms with Crippen LogP contribution < -0.4 is 4.74 Å². The minimum absolute atomic E-state index is 0.654. The van der Waals surface area contributed by atoms with Gasteiger partial charge in [-0.05, 0) is 42.1 Å². The third-order valence-electron chi connectivity index (χ3n) is 4.05. The molecule has 138 valence electrons.